The maximum absolute atomic E-state index is 12.7. The van der Waals surface area contributed by atoms with Crippen molar-refractivity contribution in [2.45, 2.75) is 25.3 Å². The van der Waals surface area contributed by atoms with Crippen LogP contribution in [0.2, 0.25) is 0 Å². The Labute approximate surface area is 152 Å². The Bertz CT molecular complexity index is 785. The van der Waals surface area contributed by atoms with E-state index in [1.54, 1.807) is 11.6 Å². The number of hydrogen-bond donors (Lipinski definition) is 2. The molecule has 1 saturated heterocycles. The standard InChI is InChI=1S/C21H22N2O3/c24-20(22-26)13-10-16-8-11-18(12-9-16)19-7-4-14-23(19)21(25)15-17-5-2-1-3-6-17/h1-3,5-6,8-13,19,26H,4,7,14-15H2,(H,22,24)/t19-/m0/s1. The Balaban J connectivity index is 1.68. The summed E-state index contributed by atoms with van der Waals surface area (Å²) < 4.78 is 0. The molecular weight excluding hydrogens is 328 g/mol. The van der Waals surface area contributed by atoms with Crippen molar-refractivity contribution in [3.63, 3.8) is 0 Å². The van der Waals surface area contributed by atoms with Gasteiger partial charge in [0.2, 0.25) is 5.91 Å². The molecule has 1 aliphatic rings. The summed E-state index contributed by atoms with van der Waals surface area (Å²) in [6, 6.07) is 17.7. The zero-order chi connectivity index (χ0) is 18.4. The Hall–Kier alpha value is -2.92. The number of nitrogens with one attached hydrogen (secondary N) is 1. The van der Waals surface area contributed by atoms with Crippen LogP contribution in [0.25, 0.3) is 6.08 Å². The van der Waals surface area contributed by atoms with Gasteiger partial charge in [-0.2, -0.15) is 0 Å². The number of carbonyl (C=O) groups is 2. The van der Waals surface area contributed by atoms with E-state index < -0.39 is 5.91 Å². The van der Waals surface area contributed by atoms with E-state index in [0.717, 1.165) is 36.1 Å². The van der Waals surface area contributed by atoms with Gasteiger partial charge in [-0.1, -0.05) is 54.6 Å². The number of hydroxylamine groups is 1. The zero-order valence-electron chi connectivity index (χ0n) is 14.5. The van der Waals surface area contributed by atoms with Gasteiger partial charge >= 0.3 is 0 Å². The molecule has 0 aromatic heterocycles. The minimum atomic E-state index is -0.567. The second-order valence-electron chi connectivity index (χ2n) is 6.38. The summed E-state index contributed by atoms with van der Waals surface area (Å²) in [5.41, 5.74) is 4.56. The molecule has 26 heavy (non-hydrogen) atoms. The molecule has 0 radical (unpaired) electrons. The lowest BCUT2D eigenvalue weighted by atomic mass is 10.0. The van der Waals surface area contributed by atoms with E-state index in [9.17, 15) is 9.59 Å². The predicted molar refractivity (Wildman–Crippen MR) is 99.2 cm³/mol. The van der Waals surface area contributed by atoms with E-state index in [1.807, 2.05) is 59.5 Å². The van der Waals surface area contributed by atoms with Crippen LogP contribution in [0.5, 0.6) is 0 Å². The van der Waals surface area contributed by atoms with Gasteiger partial charge in [0, 0.05) is 12.6 Å². The summed E-state index contributed by atoms with van der Waals surface area (Å²) in [7, 11) is 0. The van der Waals surface area contributed by atoms with Gasteiger partial charge in [0.15, 0.2) is 0 Å². The quantitative estimate of drug-likeness (QED) is 0.494. The van der Waals surface area contributed by atoms with Crippen LogP contribution in [0.1, 0.15) is 35.6 Å². The monoisotopic (exact) mass is 350 g/mol. The van der Waals surface area contributed by atoms with Crippen molar-refractivity contribution < 1.29 is 14.8 Å². The molecule has 2 amide bonds. The van der Waals surface area contributed by atoms with Crippen molar-refractivity contribution in [2.24, 2.45) is 0 Å². The van der Waals surface area contributed by atoms with Gasteiger partial charge in [0.1, 0.15) is 0 Å². The molecule has 5 nitrogen and oxygen atoms in total. The van der Waals surface area contributed by atoms with E-state index in [2.05, 4.69) is 0 Å². The number of amides is 2. The molecule has 0 saturated carbocycles. The van der Waals surface area contributed by atoms with Gasteiger partial charge < -0.3 is 4.90 Å². The molecule has 5 heteroatoms. The molecule has 2 aromatic rings. The fraction of sp³-hybridized carbons (Fsp3) is 0.238. The summed E-state index contributed by atoms with van der Waals surface area (Å²) >= 11 is 0. The number of benzene rings is 2. The Kier molecular flexibility index (Phi) is 5.81. The third kappa shape index (κ3) is 4.37. The predicted octanol–water partition coefficient (Wildman–Crippen LogP) is 3.11. The summed E-state index contributed by atoms with van der Waals surface area (Å²) in [5, 5.41) is 8.50. The summed E-state index contributed by atoms with van der Waals surface area (Å²) in [6.07, 6.45) is 5.28. The molecule has 1 fully saturated rings. The van der Waals surface area contributed by atoms with Crippen LogP contribution in [0.4, 0.5) is 0 Å². The molecule has 0 spiro atoms. The van der Waals surface area contributed by atoms with E-state index in [1.165, 1.54) is 6.08 Å². The van der Waals surface area contributed by atoms with E-state index in [-0.39, 0.29) is 11.9 Å². The van der Waals surface area contributed by atoms with Crippen LogP contribution in [0.3, 0.4) is 0 Å². The van der Waals surface area contributed by atoms with E-state index >= 15 is 0 Å². The van der Waals surface area contributed by atoms with Crippen molar-refractivity contribution in [3.8, 4) is 0 Å². The van der Waals surface area contributed by atoms with Crippen LogP contribution in [-0.2, 0) is 16.0 Å². The van der Waals surface area contributed by atoms with Crippen LogP contribution < -0.4 is 5.48 Å². The number of hydrogen-bond acceptors (Lipinski definition) is 3. The second-order valence-corrected chi connectivity index (χ2v) is 6.38. The Morgan fingerprint density at radius 3 is 2.54 bits per heavy atom. The highest BCUT2D eigenvalue weighted by Gasteiger charge is 2.29. The van der Waals surface area contributed by atoms with Crippen molar-refractivity contribution in [2.75, 3.05) is 6.54 Å². The summed E-state index contributed by atoms with van der Waals surface area (Å²) in [5.74, 6) is -0.412. The van der Waals surface area contributed by atoms with Gasteiger partial charge in [-0.15, -0.1) is 0 Å². The molecular formula is C21H22N2O3. The fourth-order valence-corrected chi connectivity index (χ4v) is 3.32. The molecule has 0 unspecified atom stereocenters. The molecule has 1 aliphatic heterocycles. The largest absolute Gasteiger partial charge is 0.335 e. The van der Waals surface area contributed by atoms with Gasteiger partial charge in [-0.05, 0) is 35.6 Å². The van der Waals surface area contributed by atoms with E-state index in [4.69, 9.17) is 5.21 Å². The van der Waals surface area contributed by atoms with Crippen molar-refractivity contribution in [3.05, 3.63) is 77.4 Å². The number of nitrogens with zero attached hydrogens (tertiary/aromatic N) is 1. The van der Waals surface area contributed by atoms with Crippen molar-refractivity contribution in [1.29, 1.82) is 0 Å². The molecule has 0 bridgehead atoms. The highest BCUT2D eigenvalue weighted by atomic mass is 16.5. The minimum absolute atomic E-state index is 0.102. The first-order chi connectivity index (χ1) is 12.7. The molecule has 3 rings (SSSR count). The SMILES string of the molecule is O=C(C=Cc1ccc([C@@H]2CCCN2C(=O)Cc2ccccc2)cc1)NO. The lowest BCUT2D eigenvalue weighted by molar-refractivity contribution is -0.131. The average Bonchev–Trinajstić information content (AvgIpc) is 3.17. The molecule has 2 aromatic carbocycles. The molecule has 134 valence electrons. The normalized spacial score (nSPS) is 16.8. The number of rotatable bonds is 5. The first-order valence-electron chi connectivity index (χ1n) is 8.73. The molecule has 1 atom stereocenters. The third-order valence-electron chi connectivity index (χ3n) is 4.63. The fourth-order valence-electron chi connectivity index (χ4n) is 3.32. The van der Waals surface area contributed by atoms with Crippen LogP contribution in [-0.4, -0.2) is 28.5 Å². The van der Waals surface area contributed by atoms with Crippen molar-refractivity contribution in [1.82, 2.24) is 10.4 Å². The lowest BCUT2D eigenvalue weighted by Gasteiger charge is -2.25. The molecule has 0 aliphatic carbocycles. The first-order valence-corrected chi connectivity index (χ1v) is 8.73. The first kappa shape index (κ1) is 17.9. The van der Waals surface area contributed by atoms with E-state index in [0.29, 0.717) is 6.42 Å². The maximum Gasteiger partial charge on any atom is 0.267 e. The lowest BCUT2D eigenvalue weighted by Crippen LogP contribution is -2.31. The topological polar surface area (TPSA) is 69.6 Å². The van der Waals surface area contributed by atoms with Gasteiger partial charge in [0.25, 0.3) is 5.91 Å². The van der Waals surface area contributed by atoms with Crippen LogP contribution in [0.15, 0.2) is 60.7 Å². The smallest absolute Gasteiger partial charge is 0.267 e. The van der Waals surface area contributed by atoms with Crippen LogP contribution >= 0.6 is 0 Å². The maximum atomic E-state index is 12.7. The highest BCUT2D eigenvalue weighted by molar-refractivity contribution is 5.90. The summed E-state index contributed by atoms with van der Waals surface area (Å²) in [6.45, 7) is 0.786. The molecule has 2 N–H and O–H groups in total. The highest BCUT2D eigenvalue weighted by Crippen LogP contribution is 2.32. The number of carbonyl (C=O) groups excluding carboxylic acids is 2. The van der Waals surface area contributed by atoms with Crippen molar-refractivity contribution >= 4 is 17.9 Å². The minimum Gasteiger partial charge on any atom is -0.335 e. The molecule has 1 heterocycles. The van der Waals surface area contributed by atoms with Crippen LogP contribution in [0, 0.1) is 0 Å². The Morgan fingerprint density at radius 1 is 1.12 bits per heavy atom. The summed E-state index contributed by atoms with van der Waals surface area (Å²) in [4.78, 5) is 25.7. The van der Waals surface area contributed by atoms with Gasteiger partial charge in [-0.25, -0.2) is 5.48 Å². The Morgan fingerprint density at radius 2 is 1.85 bits per heavy atom. The average molecular weight is 350 g/mol. The zero-order valence-corrected chi connectivity index (χ0v) is 14.5. The third-order valence-corrected chi connectivity index (χ3v) is 4.63. The number of likely N-dealkylation sites (tertiary alicyclic amines) is 1. The van der Waals surface area contributed by atoms with Gasteiger partial charge in [0.05, 0.1) is 12.5 Å². The van der Waals surface area contributed by atoms with Gasteiger partial charge in [-0.3, -0.25) is 14.8 Å². The second kappa shape index (κ2) is 8.45.